The van der Waals surface area contributed by atoms with Gasteiger partial charge in [0.15, 0.2) is 0 Å². The van der Waals surface area contributed by atoms with E-state index in [4.69, 9.17) is 0 Å². The average molecular weight is 273 g/mol. The predicted molar refractivity (Wildman–Crippen MR) is 88.1 cm³/mol. The van der Waals surface area contributed by atoms with Gasteiger partial charge in [0.05, 0.1) is 5.52 Å². The highest BCUT2D eigenvalue weighted by Gasteiger charge is 2.03. The van der Waals surface area contributed by atoms with Gasteiger partial charge in [0, 0.05) is 39.6 Å². The summed E-state index contributed by atoms with van der Waals surface area (Å²) < 4.78 is 0. The summed E-state index contributed by atoms with van der Waals surface area (Å²) in [6, 6.07) is 18.7. The maximum atomic E-state index is 4.39. The fraction of sp³-hybridized carbons (Fsp3) is 0.0556. The fourth-order valence-corrected chi connectivity index (χ4v) is 2.72. The van der Waals surface area contributed by atoms with E-state index in [2.05, 4.69) is 52.5 Å². The van der Waals surface area contributed by atoms with Crippen molar-refractivity contribution in [1.82, 2.24) is 9.97 Å². The lowest BCUT2D eigenvalue weighted by Crippen LogP contribution is -1.92. The number of hydrogen-bond donors (Lipinski definition) is 2. The molecule has 0 saturated heterocycles. The van der Waals surface area contributed by atoms with E-state index in [0.717, 1.165) is 27.8 Å². The van der Waals surface area contributed by atoms with Crippen LogP contribution in [0.25, 0.3) is 21.8 Å². The first-order valence-electron chi connectivity index (χ1n) is 7.00. The highest BCUT2D eigenvalue weighted by atomic mass is 14.9. The Kier molecular flexibility index (Phi) is 2.64. The first-order valence-corrected chi connectivity index (χ1v) is 7.00. The average Bonchev–Trinajstić information content (AvgIpc) is 2.87. The van der Waals surface area contributed by atoms with Gasteiger partial charge in [-0.1, -0.05) is 18.2 Å². The number of pyridine rings is 1. The van der Waals surface area contributed by atoms with Gasteiger partial charge in [-0.15, -0.1) is 0 Å². The number of anilines is 2. The molecule has 0 aliphatic heterocycles. The van der Waals surface area contributed by atoms with Crippen molar-refractivity contribution in [3.63, 3.8) is 0 Å². The van der Waals surface area contributed by atoms with Crippen LogP contribution in [0.5, 0.6) is 0 Å². The van der Waals surface area contributed by atoms with Crippen molar-refractivity contribution in [1.29, 1.82) is 0 Å². The van der Waals surface area contributed by atoms with Crippen LogP contribution in [-0.2, 0) is 0 Å². The lowest BCUT2D eigenvalue weighted by molar-refractivity contribution is 1.30. The third-order valence-electron chi connectivity index (χ3n) is 3.68. The van der Waals surface area contributed by atoms with Gasteiger partial charge in [-0.3, -0.25) is 4.98 Å². The molecule has 2 aromatic carbocycles. The summed E-state index contributed by atoms with van der Waals surface area (Å²) in [5.41, 5.74) is 5.50. The second-order valence-electron chi connectivity index (χ2n) is 5.26. The lowest BCUT2D eigenvalue weighted by atomic mass is 10.1. The van der Waals surface area contributed by atoms with E-state index in [0.29, 0.717) is 0 Å². The Morgan fingerprint density at radius 2 is 1.90 bits per heavy atom. The van der Waals surface area contributed by atoms with Crippen molar-refractivity contribution in [2.45, 2.75) is 6.92 Å². The largest absolute Gasteiger partial charge is 0.359 e. The molecule has 0 fully saturated rings. The first kappa shape index (κ1) is 12.0. The van der Waals surface area contributed by atoms with E-state index < -0.39 is 0 Å². The molecule has 4 rings (SSSR count). The standard InChI is InChI=1S/C18H15N3/c1-12-10-13-11-14(6-7-16(13)20-12)21-18-8-9-19-17-5-3-2-4-15(17)18/h2-11,20H,1H3,(H,19,21). The highest BCUT2D eigenvalue weighted by Crippen LogP contribution is 2.27. The van der Waals surface area contributed by atoms with Gasteiger partial charge in [0.1, 0.15) is 0 Å². The Labute approximate surface area is 122 Å². The zero-order chi connectivity index (χ0) is 14.2. The van der Waals surface area contributed by atoms with Gasteiger partial charge >= 0.3 is 0 Å². The van der Waals surface area contributed by atoms with Crippen molar-refractivity contribution < 1.29 is 0 Å². The van der Waals surface area contributed by atoms with Crippen LogP contribution in [0.4, 0.5) is 11.4 Å². The molecule has 21 heavy (non-hydrogen) atoms. The van der Waals surface area contributed by atoms with Crippen molar-refractivity contribution in [3.8, 4) is 0 Å². The topological polar surface area (TPSA) is 40.7 Å². The maximum absolute atomic E-state index is 4.39. The monoisotopic (exact) mass is 273 g/mol. The number of aryl methyl sites for hydroxylation is 1. The number of hydrogen-bond acceptors (Lipinski definition) is 2. The van der Waals surface area contributed by atoms with Gasteiger partial charge < -0.3 is 10.3 Å². The van der Waals surface area contributed by atoms with Crippen molar-refractivity contribution in [2.24, 2.45) is 0 Å². The van der Waals surface area contributed by atoms with Crippen LogP contribution in [0.2, 0.25) is 0 Å². The SMILES string of the molecule is Cc1cc2cc(Nc3ccnc4ccccc34)ccc2[nH]1. The van der Waals surface area contributed by atoms with Crippen LogP contribution in [0.1, 0.15) is 5.69 Å². The van der Waals surface area contributed by atoms with Crippen molar-refractivity contribution in [3.05, 3.63) is 66.5 Å². The molecule has 0 aliphatic carbocycles. The number of benzene rings is 2. The second-order valence-corrected chi connectivity index (χ2v) is 5.26. The highest BCUT2D eigenvalue weighted by molar-refractivity contribution is 5.94. The molecule has 3 nitrogen and oxygen atoms in total. The number of para-hydroxylation sites is 1. The Hall–Kier alpha value is -2.81. The minimum atomic E-state index is 1.00. The van der Waals surface area contributed by atoms with Gasteiger partial charge in [-0.25, -0.2) is 0 Å². The molecule has 0 unspecified atom stereocenters. The van der Waals surface area contributed by atoms with E-state index in [1.165, 1.54) is 11.1 Å². The minimum absolute atomic E-state index is 1.00. The number of aromatic nitrogens is 2. The Bertz CT molecular complexity index is 932. The normalized spacial score (nSPS) is 11.1. The van der Waals surface area contributed by atoms with E-state index in [-0.39, 0.29) is 0 Å². The number of aromatic amines is 1. The molecule has 0 atom stereocenters. The van der Waals surface area contributed by atoms with Crippen LogP contribution in [0.15, 0.2) is 60.8 Å². The smallest absolute Gasteiger partial charge is 0.0722 e. The summed E-state index contributed by atoms with van der Waals surface area (Å²) in [6.45, 7) is 2.07. The summed E-state index contributed by atoms with van der Waals surface area (Å²) in [7, 11) is 0. The zero-order valence-electron chi connectivity index (χ0n) is 11.7. The Balaban J connectivity index is 1.78. The van der Waals surface area contributed by atoms with E-state index in [1.54, 1.807) is 0 Å². The molecule has 2 N–H and O–H groups in total. The molecule has 4 aromatic rings. The molecular formula is C18H15N3. The summed E-state index contributed by atoms with van der Waals surface area (Å²) in [4.78, 5) is 7.73. The third-order valence-corrected chi connectivity index (χ3v) is 3.68. The Morgan fingerprint density at radius 3 is 2.86 bits per heavy atom. The second kappa shape index (κ2) is 4.63. The van der Waals surface area contributed by atoms with Crippen LogP contribution < -0.4 is 5.32 Å². The summed E-state index contributed by atoms with van der Waals surface area (Å²) in [5.74, 6) is 0. The molecule has 0 bridgehead atoms. The third kappa shape index (κ3) is 2.13. The molecule has 0 radical (unpaired) electrons. The predicted octanol–water partition coefficient (Wildman–Crippen LogP) is 4.77. The lowest BCUT2D eigenvalue weighted by Gasteiger charge is -2.09. The van der Waals surface area contributed by atoms with Gasteiger partial charge in [0.25, 0.3) is 0 Å². The van der Waals surface area contributed by atoms with Crippen molar-refractivity contribution >= 4 is 33.2 Å². The fourth-order valence-electron chi connectivity index (χ4n) is 2.72. The first-order chi connectivity index (χ1) is 10.3. The van der Waals surface area contributed by atoms with Gasteiger partial charge in [-0.2, -0.15) is 0 Å². The molecule has 0 spiro atoms. The van der Waals surface area contributed by atoms with Crippen LogP contribution in [-0.4, -0.2) is 9.97 Å². The molecule has 0 aliphatic rings. The van der Waals surface area contributed by atoms with Crippen LogP contribution in [0, 0.1) is 6.92 Å². The quantitative estimate of drug-likeness (QED) is 0.552. The molecule has 2 heterocycles. The number of rotatable bonds is 2. The number of nitrogens with zero attached hydrogens (tertiary/aromatic N) is 1. The van der Waals surface area contributed by atoms with Crippen LogP contribution >= 0.6 is 0 Å². The van der Waals surface area contributed by atoms with Crippen molar-refractivity contribution in [2.75, 3.05) is 5.32 Å². The molecule has 0 amide bonds. The molecule has 3 heteroatoms. The van der Waals surface area contributed by atoms with E-state index >= 15 is 0 Å². The number of fused-ring (bicyclic) bond motifs is 2. The molecular weight excluding hydrogens is 258 g/mol. The molecule has 2 aromatic heterocycles. The zero-order valence-corrected chi connectivity index (χ0v) is 11.7. The molecule has 0 saturated carbocycles. The summed E-state index contributed by atoms with van der Waals surface area (Å²) >= 11 is 0. The summed E-state index contributed by atoms with van der Waals surface area (Å²) in [5, 5.41) is 5.84. The number of nitrogens with one attached hydrogen (secondary N) is 2. The Morgan fingerprint density at radius 1 is 1.00 bits per heavy atom. The summed E-state index contributed by atoms with van der Waals surface area (Å²) in [6.07, 6.45) is 1.84. The number of H-pyrrole nitrogens is 1. The van der Waals surface area contributed by atoms with E-state index in [1.807, 2.05) is 30.5 Å². The van der Waals surface area contributed by atoms with E-state index in [9.17, 15) is 0 Å². The maximum Gasteiger partial charge on any atom is 0.0722 e. The minimum Gasteiger partial charge on any atom is -0.359 e. The van der Waals surface area contributed by atoms with Gasteiger partial charge in [0.2, 0.25) is 0 Å². The van der Waals surface area contributed by atoms with Crippen LogP contribution in [0.3, 0.4) is 0 Å². The van der Waals surface area contributed by atoms with Gasteiger partial charge in [-0.05, 0) is 43.3 Å². The molecule has 102 valence electrons.